The number of nitrogens with zero attached hydrogens (tertiary/aromatic N) is 1. The van der Waals surface area contributed by atoms with Gasteiger partial charge in [0.25, 0.3) is 0 Å². The summed E-state index contributed by atoms with van der Waals surface area (Å²) in [4.78, 5) is 0. The molecule has 0 radical (unpaired) electrons. The summed E-state index contributed by atoms with van der Waals surface area (Å²) in [5, 5.41) is 8.95. The largest absolute Gasteiger partial charge is 0.197 e. The molecule has 1 aromatic rings. The molecule has 0 aromatic heterocycles. The normalized spacial score (nSPS) is 18.3. The van der Waals surface area contributed by atoms with Crippen molar-refractivity contribution in [3.8, 4) is 6.07 Å². The van der Waals surface area contributed by atoms with Gasteiger partial charge in [0.2, 0.25) is 0 Å². The second-order valence-electron chi connectivity index (χ2n) is 3.20. The van der Waals surface area contributed by atoms with Crippen molar-refractivity contribution in [3.05, 3.63) is 33.4 Å². The van der Waals surface area contributed by atoms with Gasteiger partial charge in [-0.05, 0) is 53.1 Å². The van der Waals surface area contributed by atoms with E-state index in [1.165, 1.54) is 9.13 Å². The first-order valence-electron chi connectivity index (χ1n) is 3.94. The molecule has 12 heavy (non-hydrogen) atoms. The average molecular weight is 269 g/mol. The Morgan fingerprint density at radius 1 is 1.42 bits per heavy atom. The van der Waals surface area contributed by atoms with E-state index < -0.39 is 0 Å². The summed E-state index contributed by atoms with van der Waals surface area (Å²) in [5.41, 5.74) is 1.07. The van der Waals surface area contributed by atoms with Gasteiger partial charge in [0.1, 0.15) is 0 Å². The number of hydrogen-bond acceptors (Lipinski definition) is 1. The highest BCUT2D eigenvalue weighted by molar-refractivity contribution is 14.1. The Kier molecular flexibility index (Phi) is 1.84. The zero-order valence-corrected chi connectivity index (χ0v) is 8.71. The molecule has 0 aliphatic heterocycles. The summed E-state index contributed by atoms with van der Waals surface area (Å²) >= 11 is 2.28. The Balaban J connectivity index is 2.42. The summed E-state index contributed by atoms with van der Waals surface area (Å²) in [5.74, 6) is 0. The van der Waals surface area contributed by atoms with Crippen LogP contribution in [0.3, 0.4) is 0 Å². The van der Waals surface area contributed by atoms with Crippen molar-refractivity contribution >= 4 is 22.6 Å². The highest BCUT2D eigenvalue weighted by atomic mass is 127. The molecule has 0 N–H and O–H groups in total. The SMILES string of the molecule is N#CC1(c2cccc(I)c2)CC1. The molecule has 0 amide bonds. The van der Waals surface area contributed by atoms with Crippen molar-refractivity contribution in [2.75, 3.05) is 0 Å². The molecule has 0 saturated heterocycles. The number of nitriles is 1. The molecule has 0 bridgehead atoms. The first-order valence-corrected chi connectivity index (χ1v) is 5.02. The molecule has 1 aromatic carbocycles. The van der Waals surface area contributed by atoms with Crippen molar-refractivity contribution in [1.82, 2.24) is 0 Å². The van der Waals surface area contributed by atoms with Crippen LogP contribution in [0.2, 0.25) is 0 Å². The fraction of sp³-hybridized carbons (Fsp3) is 0.300. The lowest BCUT2D eigenvalue weighted by Gasteiger charge is -2.05. The fourth-order valence-electron chi connectivity index (χ4n) is 1.38. The molecule has 60 valence electrons. The quantitative estimate of drug-likeness (QED) is 0.719. The maximum Gasteiger partial charge on any atom is 0.0824 e. The summed E-state index contributed by atoms with van der Waals surface area (Å²) in [6.07, 6.45) is 2.06. The molecule has 0 spiro atoms. The number of halogens is 1. The Hall–Kier alpha value is -0.560. The zero-order valence-electron chi connectivity index (χ0n) is 6.55. The Morgan fingerprint density at radius 2 is 2.17 bits per heavy atom. The molecule has 0 heterocycles. The first-order chi connectivity index (χ1) is 5.77. The van der Waals surface area contributed by atoms with Crippen LogP contribution in [-0.2, 0) is 5.41 Å². The standard InChI is InChI=1S/C10H8IN/c11-9-3-1-2-8(6-9)10(7-12)4-5-10/h1-3,6H,4-5H2. The van der Waals surface area contributed by atoms with Crippen molar-refractivity contribution in [2.45, 2.75) is 18.3 Å². The topological polar surface area (TPSA) is 23.8 Å². The van der Waals surface area contributed by atoms with Gasteiger partial charge >= 0.3 is 0 Å². The fourth-order valence-corrected chi connectivity index (χ4v) is 1.92. The van der Waals surface area contributed by atoms with Crippen LogP contribution in [0.4, 0.5) is 0 Å². The van der Waals surface area contributed by atoms with Gasteiger partial charge in [-0.2, -0.15) is 5.26 Å². The molecule has 1 saturated carbocycles. The monoisotopic (exact) mass is 269 g/mol. The molecule has 1 aliphatic rings. The minimum absolute atomic E-state index is 0.124. The molecular weight excluding hydrogens is 261 g/mol. The predicted molar refractivity (Wildman–Crippen MR) is 55.7 cm³/mol. The zero-order chi connectivity index (χ0) is 8.60. The van der Waals surface area contributed by atoms with Crippen molar-refractivity contribution < 1.29 is 0 Å². The second-order valence-corrected chi connectivity index (χ2v) is 4.45. The van der Waals surface area contributed by atoms with Gasteiger partial charge in [-0.25, -0.2) is 0 Å². The number of rotatable bonds is 1. The van der Waals surface area contributed by atoms with Crippen molar-refractivity contribution in [2.24, 2.45) is 0 Å². The maximum atomic E-state index is 8.95. The van der Waals surface area contributed by atoms with E-state index in [2.05, 4.69) is 46.9 Å². The van der Waals surface area contributed by atoms with Gasteiger partial charge in [-0.3, -0.25) is 0 Å². The van der Waals surface area contributed by atoms with E-state index in [0.29, 0.717) is 0 Å². The van der Waals surface area contributed by atoms with Crippen LogP contribution in [0.1, 0.15) is 18.4 Å². The lowest BCUT2D eigenvalue weighted by Crippen LogP contribution is -2.01. The molecular formula is C10H8IN. The van der Waals surface area contributed by atoms with E-state index in [1.807, 2.05) is 6.07 Å². The molecule has 0 unspecified atom stereocenters. The second kappa shape index (κ2) is 2.74. The Labute approximate surface area is 85.5 Å². The lowest BCUT2D eigenvalue weighted by molar-refractivity contribution is 0.907. The third-order valence-electron chi connectivity index (χ3n) is 2.34. The van der Waals surface area contributed by atoms with Crippen molar-refractivity contribution in [1.29, 1.82) is 5.26 Å². The molecule has 0 atom stereocenters. The van der Waals surface area contributed by atoms with E-state index in [-0.39, 0.29) is 5.41 Å². The third-order valence-corrected chi connectivity index (χ3v) is 3.01. The van der Waals surface area contributed by atoms with Gasteiger partial charge in [-0.15, -0.1) is 0 Å². The molecule has 1 nitrogen and oxygen atoms in total. The summed E-state index contributed by atoms with van der Waals surface area (Å²) in [7, 11) is 0. The Bertz CT molecular complexity index is 347. The number of benzene rings is 1. The van der Waals surface area contributed by atoms with E-state index >= 15 is 0 Å². The van der Waals surface area contributed by atoms with Crippen LogP contribution in [-0.4, -0.2) is 0 Å². The third kappa shape index (κ3) is 1.22. The predicted octanol–water partition coefficient (Wildman–Crippen LogP) is 2.85. The summed E-state index contributed by atoms with van der Waals surface area (Å²) in [6, 6.07) is 10.6. The highest BCUT2D eigenvalue weighted by Gasteiger charge is 2.44. The van der Waals surface area contributed by atoms with E-state index in [4.69, 9.17) is 5.26 Å². The highest BCUT2D eigenvalue weighted by Crippen LogP contribution is 2.47. The minimum Gasteiger partial charge on any atom is -0.197 e. The van der Waals surface area contributed by atoms with E-state index in [1.54, 1.807) is 0 Å². The number of hydrogen-bond donors (Lipinski definition) is 0. The molecule has 1 aliphatic carbocycles. The van der Waals surface area contributed by atoms with Crippen molar-refractivity contribution in [3.63, 3.8) is 0 Å². The van der Waals surface area contributed by atoms with Crippen LogP contribution in [0, 0.1) is 14.9 Å². The van der Waals surface area contributed by atoms with Crippen LogP contribution in [0.5, 0.6) is 0 Å². The van der Waals surface area contributed by atoms with Crippen LogP contribution in [0.25, 0.3) is 0 Å². The minimum atomic E-state index is -0.124. The average Bonchev–Trinajstić information content (AvgIpc) is 2.84. The smallest absolute Gasteiger partial charge is 0.0824 e. The van der Waals surface area contributed by atoms with Crippen LogP contribution in [0.15, 0.2) is 24.3 Å². The van der Waals surface area contributed by atoms with E-state index in [0.717, 1.165) is 12.8 Å². The molecule has 2 heteroatoms. The Morgan fingerprint density at radius 3 is 2.67 bits per heavy atom. The summed E-state index contributed by atoms with van der Waals surface area (Å²) < 4.78 is 1.21. The van der Waals surface area contributed by atoms with Gasteiger partial charge in [0.05, 0.1) is 11.5 Å². The first kappa shape index (κ1) is 8.06. The molecule has 1 fully saturated rings. The van der Waals surface area contributed by atoms with Crippen LogP contribution < -0.4 is 0 Å². The van der Waals surface area contributed by atoms with E-state index in [9.17, 15) is 0 Å². The van der Waals surface area contributed by atoms with Gasteiger partial charge < -0.3 is 0 Å². The maximum absolute atomic E-state index is 8.95. The molecule has 2 rings (SSSR count). The van der Waals surface area contributed by atoms with Gasteiger partial charge in [-0.1, -0.05) is 12.1 Å². The van der Waals surface area contributed by atoms with Gasteiger partial charge in [0.15, 0.2) is 0 Å². The van der Waals surface area contributed by atoms with Crippen LogP contribution >= 0.6 is 22.6 Å². The lowest BCUT2D eigenvalue weighted by atomic mass is 9.98. The summed E-state index contributed by atoms with van der Waals surface area (Å²) in [6.45, 7) is 0. The van der Waals surface area contributed by atoms with Gasteiger partial charge in [0, 0.05) is 3.57 Å².